The molecular weight excluding hydrogens is 152 g/mol. The van der Waals surface area contributed by atoms with Gasteiger partial charge >= 0.3 is 5.97 Å². The summed E-state index contributed by atoms with van der Waals surface area (Å²) in [5.74, 6) is -0.237. The standard InChI is InChI=1S/C10H12O2/c1-8-3-5-9(6-4-8)7-10(11)12-2/h3-6H,7H2,1-2H3/i1T. The SMILES string of the molecule is [3H]Cc1ccc(CC(=O)OC)cc1. The minimum Gasteiger partial charge on any atom is -0.469 e. The lowest BCUT2D eigenvalue weighted by atomic mass is 10.1. The Kier molecular flexibility index (Phi) is 2.39. The van der Waals surface area contributed by atoms with Gasteiger partial charge in [0.05, 0.1) is 13.5 Å². The van der Waals surface area contributed by atoms with Crippen molar-refractivity contribution in [2.45, 2.75) is 13.3 Å². The van der Waals surface area contributed by atoms with E-state index in [1.807, 2.05) is 24.3 Å². The fourth-order valence-electron chi connectivity index (χ4n) is 0.896. The van der Waals surface area contributed by atoms with Crippen molar-refractivity contribution in [3.8, 4) is 0 Å². The van der Waals surface area contributed by atoms with Crippen LogP contribution in [0.15, 0.2) is 24.3 Å². The van der Waals surface area contributed by atoms with Crippen molar-refractivity contribution in [2.24, 2.45) is 0 Å². The second-order valence-electron chi connectivity index (χ2n) is 2.57. The summed E-state index contributed by atoms with van der Waals surface area (Å²) >= 11 is 0. The Balaban J connectivity index is 2.64. The van der Waals surface area contributed by atoms with Gasteiger partial charge in [-0.1, -0.05) is 29.8 Å². The highest BCUT2D eigenvalue weighted by Crippen LogP contribution is 2.04. The molecule has 0 bridgehead atoms. The van der Waals surface area contributed by atoms with Gasteiger partial charge in [0.1, 0.15) is 0 Å². The van der Waals surface area contributed by atoms with E-state index >= 15 is 0 Å². The van der Waals surface area contributed by atoms with Crippen LogP contribution in [0.2, 0.25) is 0 Å². The fraction of sp³-hybridized carbons (Fsp3) is 0.300. The number of carbonyl (C=O) groups excluding carboxylic acids is 1. The van der Waals surface area contributed by atoms with Gasteiger partial charge in [0.25, 0.3) is 0 Å². The third kappa shape index (κ3) is 2.38. The van der Waals surface area contributed by atoms with E-state index in [0.29, 0.717) is 6.42 Å². The predicted molar refractivity (Wildman–Crippen MR) is 46.9 cm³/mol. The largest absolute Gasteiger partial charge is 0.469 e. The quantitative estimate of drug-likeness (QED) is 0.625. The molecule has 0 saturated carbocycles. The smallest absolute Gasteiger partial charge is 0.309 e. The molecule has 64 valence electrons. The molecule has 0 N–H and O–H groups in total. The molecule has 0 aliphatic rings. The zero-order valence-electron chi connectivity index (χ0n) is 8.04. The molecule has 0 radical (unpaired) electrons. The maximum Gasteiger partial charge on any atom is 0.309 e. The molecular formula is C10H12O2. The third-order valence-corrected chi connectivity index (χ3v) is 1.60. The van der Waals surface area contributed by atoms with Crippen molar-refractivity contribution in [3.63, 3.8) is 0 Å². The Labute approximate surface area is 73.6 Å². The number of hydrogen-bond acceptors (Lipinski definition) is 2. The Hall–Kier alpha value is -1.31. The first kappa shape index (κ1) is 7.35. The molecule has 1 aromatic rings. The molecule has 0 spiro atoms. The molecule has 0 heterocycles. The van der Waals surface area contributed by atoms with Crippen molar-refractivity contribution < 1.29 is 10.9 Å². The molecule has 0 saturated heterocycles. The Bertz CT molecular complexity index is 279. The second kappa shape index (κ2) is 3.90. The van der Waals surface area contributed by atoms with Crippen LogP contribution in [0.4, 0.5) is 0 Å². The summed E-state index contributed by atoms with van der Waals surface area (Å²) in [7, 11) is 1.38. The van der Waals surface area contributed by atoms with Crippen LogP contribution >= 0.6 is 0 Å². The average molecular weight is 166 g/mol. The molecule has 0 unspecified atom stereocenters. The number of methoxy groups -OCH3 is 1. The van der Waals surface area contributed by atoms with Gasteiger partial charge in [0, 0.05) is 1.37 Å². The zero-order chi connectivity index (χ0) is 9.68. The van der Waals surface area contributed by atoms with E-state index in [0.717, 1.165) is 11.1 Å². The summed E-state index contributed by atoms with van der Waals surface area (Å²) in [4.78, 5) is 10.9. The number of hydrogen-bond donors (Lipinski definition) is 0. The Morgan fingerprint density at radius 3 is 2.67 bits per heavy atom. The van der Waals surface area contributed by atoms with Gasteiger partial charge in [-0.2, -0.15) is 0 Å². The Morgan fingerprint density at radius 2 is 2.17 bits per heavy atom. The van der Waals surface area contributed by atoms with E-state index in [-0.39, 0.29) is 12.9 Å². The molecule has 1 rings (SSSR count). The molecule has 2 nitrogen and oxygen atoms in total. The molecule has 2 heteroatoms. The summed E-state index contributed by atoms with van der Waals surface area (Å²) in [5.41, 5.74) is 1.87. The summed E-state index contributed by atoms with van der Waals surface area (Å²) in [6, 6.07) is 7.40. The maximum atomic E-state index is 10.9. The van der Waals surface area contributed by atoms with E-state index in [1.54, 1.807) is 0 Å². The third-order valence-electron chi connectivity index (χ3n) is 1.60. The lowest BCUT2D eigenvalue weighted by Gasteiger charge is -1.99. The molecule has 0 fully saturated rings. The first-order valence-corrected chi connectivity index (χ1v) is 3.70. The number of esters is 1. The zero-order valence-corrected chi connectivity index (χ0v) is 7.04. The number of benzene rings is 1. The second-order valence-corrected chi connectivity index (χ2v) is 2.57. The summed E-state index contributed by atoms with van der Waals surface area (Å²) in [5, 5.41) is 0. The van der Waals surface area contributed by atoms with E-state index in [4.69, 9.17) is 1.37 Å². The average Bonchev–Trinajstić information content (AvgIpc) is 2.19. The van der Waals surface area contributed by atoms with Crippen LogP contribution in [0.5, 0.6) is 0 Å². The molecule has 0 amide bonds. The maximum absolute atomic E-state index is 10.9. The molecule has 0 atom stereocenters. The van der Waals surface area contributed by atoms with Crippen molar-refractivity contribution in [3.05, 3.63) is 35.4 Å². The van der Waals surface area contributed by atoms with Crippen LogP contribution in [0, 0.1) is 6.90 Å². The lowest BCUT2D eigenvalue weighted by Crippen LogP contribution is -2.03. The lowest BCUT2D eigenvalue weighted by molar-refractivity contribution is -0.139. The van der Waals surface area contributed by atoms with Gasteiger partial charge in [-0.25, -0.2) is 0 Å². The van der Waals surface area contributed by atoms with Crippen molar-refractivity contribution in [1.29, 1.82) is 0 Å². The number of carbonyl (C=O) groups is 1. The van der Waals surface area contributed by atoms with E-state index in [1.165, 1.54) is 7.11 Å². The van der Waals surface area contributed by atoms with Gasteiger partial charge in [-0.05, 0) is 12.5 Å². The van der Waals surface area contributed by atoms with Gasteiger partial charge < -0.3 is 4.74 Å². The molecule has 0 aromatic heterocycles. The first-order chi connectivity index (χ1) is 6.26. The topological polar surface area (TPSA) is 26.3 Å². The van der Waals surface area contributed by atoms with E-state index in [9.17, 15) is 4.79 Å². The molecule has 12 heavy (non-hydrogen) atoms. The van der Waals surface area contributed by atoms with Crippen LogP contribution in [0.3, 0.4) is 0 Å². The molecule has 1 aromatic carbocycles. The highest BCUT2D eigenvalue weighted by Gasteiger charge is 2.00. The number of aryl methyl sites for hydroxylation is 1. The summed E-state index contributed by atoms with van der Waals surface area (Å²) in [6.45, 7) is 0.276. The van der Waals surface area contributed by atoms with Crippen LogP contribution in [-0.2, 0) is 16.0 Å². The van der Waals surface area contributed by atoms with E-state index in [2.05, 4.69) is 4.74 Å². The fourth-order valence-corrected chi connectivity index (χ4v) is 0.896. The predicted octanol–water partition coefficient (Wildman–Crippen LogP) is 1.71. The number of rotatable bonds is 2. The van der Waals surface area contributed by atoms with Crippen LogP contribution < -0.4 is 0 Å². The highest BCUT2D eigenvalue weighted by molar-refractivity contribution is 5.72. The monoisotopic (exact) mass is 166 g/mol. The van der Waals surface area contributed by atoms with Crippen LogP contribution in [0.25, 0.3) is 0 Å². The normalized spacial score (nSPS) is 10.6. The molecule has 0 aliphatic heterocycles. The summed E-state index contributed by atoms with van der Waals surface area (Å²) < 4.78 is 11.6. The minimum absolute atomic E-state index is 0.237. The van der Waals surface area contributed by atoms with Crippen LogP contribution in [-0.4, -0.2) is 13.1 Å². The van der Waals surface area contributed by atoms with Crippen LogP contribution in [0.1, 0.15) is 12.5 Å². The van der Waals surface area contributed by atoms with Gasteiger partial charge in [0.15, 0.2) is 0 Å². The van der Waals surface area contributed by atoms with Crippen molar-refractivity contribution in [2.75, 3.05) is 7.11 Å². The van der Waals surface area contributed by atoms with Gasteiger partial charge in [-0.15, -0.1) is 0 Å². The minimum atomic E-state index is -0.237. The summed E-state index contributed by atoms with van der Waals surface area (Å²) in [6.07, 6.45) is 0.300. The highest BCUT2D eigenvalue weighted by atomic mass is 16.5. The van der Waals surface area contributed by atoms with Crippen molar-refractivity contribution in [1.82, 2.24) is 0 Å². The van der Waals surface area contributed by atoms with Gasteiger partial charge in [0.2, 0.25) is 0 Å². The Morgan fingerprint density at radius 1 is 1.50 bits per heavy atom. The van der Waals surface area contributed by atoms with Gasteiger partial charge in [-0.3, -0.25) is 4.79 Å². The molecule has 0 aliphatic carbocycles. The van der Waals surface area contributed by atoms with E-state index < -0.39 is 0 Å². The van der Waals surface area contributed by atoms with Crippen molar-refractivity contribution >= 4 is 5.97 Å². The first-order valence-electron chi connectivity index (χ1n) is 4.41. The number of ether oxygens (including phenoxy) is 1.